The Kier molecular flexibility index (Phi) is 7.50. The number of esters is 1. The zero-order chi connectivity index (χ0) is 22.7. The van der Waals surface area contributed by atoms with Crippen LogP contribution in [-0.4, -0.2) is 24.0 Å². The van der Waals surface area contributed by atoms with Gasteiger partial charge in [0, 0.05) is 20.4 Å². The molecule has 4 nitrogen and oxygen atoms in total. The van der Waals surface area contributed by atoms with E-state index in [1.807, 2.05) is 57.2 Å². The lowest BCUT2D eigenvalue weighted by molar-refractivity contribution is -0.149. The van der Waals surface area contributed by atoms with E-state index in [2.05, 4.69) is 49.9 Å². The molecule has 0 fully saturated rings. The van der Waals surface area contributed by atoms with Crippen LogP contribution >= 0.6 is 22.6 Å². The van der Waals surface area contributed by atoms with E-state index in [4.69, 9.17) is 4.74 Å². The lowest BCUT2D eigenvalue weighted by Gasteiger charge is -2.31. The Bertz CT molecular complexity index is 934. The van der Waals surface area contributed by atoms with Crippen molar-refractivity contribution in [3.05, 3.63) is 75.4 Å². The minimum atomic E-state index is -0.631. The molecule has 0 saturated heterocycles. The van der Waals surface area contributed by atoms with Crippen molar-refractivity contribution in [1.29, 1.82) is 0 Å². The third-order valence-electron chi connectivity index (χ3n) is 4.38. The lowest BCUT2D eigenvalue weighted by atomic mass is 9.85. The number of ether oxygens (including phenoxy) is 1. The van der Waals surface area contributed by atoms with Gasteiger partial charge in [0.1, 0.15) is 5.60 Å². The number of carbonyl (C=O) groups excluding carboxylic acids is 2. The van der Waals surface area contributed by atoms with Crippen LogP contribution < -0.4 is 4.90 Å². The Morgan fingerprint density at radius 3 is 2.07 bits per heavy atom. The van der Waals surface area contributed by atoms with E-state index in [0.29, 0.717) is 5.56 Å². The number of hydrogen-bond donors (Lipinski definition) is 0. The average Bonchev–Trinajstić information content (AvgIpc) is 2.64. The van der Waals surface area contributed by atoms with Crippen LogP contribution in [0.1, 0.15) is 57.5 Å². The van der Waals surface area contributed by atoms with Gasteiger partial charge in [0.05, 0.1) is 6.54 Å². The number of para-hydroxylation sites is 1. The molecule has 0 radical (unpaired) electrons. The van der Waals surface area contributed by atoms with E-state index in [-0.39, 0.29) is 23.4 Å². The van der Waals surface area contributed by atoms with Crippen LogP contribution in [0.5, 0.6) is 0 Å². The van der Waals surface area contributed by atoms with E-state index in [9.17, 15) is 9.59 Å². The maximum atomic E-state index is 13.5. The highest BCUT2D eigenvalue weighted by atomic mass is 127. The molecule has 5 heteroatoms. The van der Waals surface area contributed by atoms with Crippen LogP contribution in [0, 0.1) is 3.57 Å². The highest BCUT2D eigenvalue weighted by Gasteiger charge is 2.28. The van der Waals surface area contributed by atoms with Crippen molar-refractivity contribution < 1.29 is 14.3 Å². The second-order valence-electron chi connectivity index (χ2n) is 9.27. The van der Waals surface area contributed by atoms with Crippen molar-refractivity contribution in [2.45, 2.75) is 52.6 Å². The molecule has 2 aromatic rings. The van der Waals surface area contributed by atoms with Gasteiger partial charge in [-0.25, -0.2) is 4.79 Å². The molecule has 0 spiro atoms. The number of halogens is 1. The summed E-state index contributed by atoms with van der Waals surface area (Å²) in [6, 6.07) is 15.2. The zero-order valence-corrected chi connectivity index (χ0v) is 20.7. The van der Waals surface area contributed by atoms with Gasteiger partial charge < -0.3 is 9.64 Å². The van der Waals surface area contributed by atoms with E-state index in [1.54, 1.807) is 17.0 Å². The first-order chi connectivity index (χ1) is 13.8. The van der Waals surface area contributed by atoms with Crippen LogP contribution in [0.25, 0.3) is 0 Å². The Labute approximate surface area is 193 Å². The summed E-state index contributed by atoms with van der Waals surface area (Å²) in [5.74, 6) is -0.691. The third kappa shape index (κ3) is 6.42. The second kappa shape index (κ2) is 9.33. The van der Waals surface area contributed by atoms with Crippen LogP contribution in [0.15, 0.2) is 60.7 Å². The smallest absolute Gasteiger partial charge is 0.335 e. The summed E-state index contributed by atoms with van der Waals surface area (Å²) in [5, 5.41) is 0. The molecule has 0 aliphatic carbocycles. The molecule has 0 saturated carbocycles. The fourth-order valence-corrected chi connectivity index (χ4v) is 3.32. The summed E-state index contributed by atoms with van der Waals surface area (Å²) in [4.78, 5) is 27.7. The van der Waals surface area contributed by atoms with Crippen LogP contribution in [0.2, 0.25) is 0 Å². The van der Waals surface area contributed by atoms with Gasteiger partial charge in [0.15, 0.2) is 0 Å². The number of benzene rings is 2. The van der Waals surface area contributed by atoms with Crippen molar-refractivity contribution >= 4 is 40.2 Å². The number of amides is 1. The van der Waals surface area contributed by atoms with Crippen molar-refractivity contribution in [3.63, 3.8) is 0 Å². The molecule has 2 aromatic carbocycles. The Balaban J connectivity index is 2.49. The fourth-order valence-electron chi connectivity index (χ4n) is 2.96. The predicted molar refractivity (Wildman–Crippen MR) is 131 cm³/mol. The van der Waals surface area contributed by atoms with Crippen molar-refractivity contribution in [1.82, 2.24) is 0 Å². The van der Waals surface area contributed by atoms with E-state index in [0.717, 1.165) is 14.8 Å². The SMILES string of the molecule is C=C(CN(C(=O)c1ccc(I)cc1)c1ccccc1C(C)(C)C)C(=O)OC(C)(C)C. The molecule has 0 unspecified atom stereocenters. The van der Waals surface area contributed by atoms with Crippen molar-refractivity contribution in [3.8, 4) is 0 Å². The molecule has 0 atom stereocenters. The maximum Gasteiger partial charge on any atom is 0.335 e. The molecule has 0 bridgehead atoms. The first kappa shape index (κ1) is 24.1. The molecule has 0 N–H and O–H groups in total. The third-order valence-corrected chi connectivity index (χ3v) is 5.09. The number of carbonyl (C=O) groups is 2. The average molecular weight is 519 g/mol. The van der Waals surface area contributed by atoms with Crippen molar-refractivity contribution in [2.75, 3.05) is 11.4 Å². The van der Waals surface area contributed by atoms with Gasteiger partial charge in [-0.3, -0.25) is 4.79 Å². The molecule has 0 aliphatic rings. The summed E-state index contributed by atoms with van der Waals surface area (Å²) in [5.41, 5.74) is 1.74. The van der Waals surface area contributed by atoms with Gasteiger partial charge in [0.25, 0.3) is 5.91 Å². The minimum Gasteiger partial charge on any atom is -0.457 e. The van der Waals surface area contributed by atoms with Gasteiger partial charge in [-0.2, -0.15) is 0 Å². The Morgan fingerprint density at radius 1 is 0.967 bits per heavy atom. The van der Waals surface area contributed by atoms with E-state index in [1.165, 1.54) is 0 Å². The Morgan fingerprint density at radius 2 is 1.53 bits per heavy atom. The fraction of sp³-hybridized carbons (Fsp3) is 0.360. The predicted octanol–water partition coefficient (Wildman–Crippen LogP) is 6.13. The molecule has 0 aliphatic heterocycles. The van der Waals surface area contributed by atoms with E-state index < -0.39 is 11.6 Å². The number of rotatable bonds is 5. The summed E-state index contributed by atoms with van der Waals surface area (Å²) < 4.78 is 6.50. The molecule has 0 heterocycles. The molecule has 1 amide bonds. The van der Waals surface area contributed by atoms with E-state index >= 15 is 0 Å². The van der Waals surface area contributed by atoms with Crippen LogP contribution in [-0.2, 0) is 14.9 Å². The van der Waals surface area contributed by atoms with Crippen molar-refractivity contribution in [2.24, 2.45) is 0 Å². The zero-order valence-electron chi connectivity index (χ0n) is 18.6. The monoisotopic (exact) mass is 519 g/mol. The highest BCUT2D eigenvalue weighted by molar-refractivity contribution is 14.1. The van der Waals surface area contributed by atoms with Crippen LogP contribution in [0.3, 0.4) is 0 Å². The van der Waals surface area contributed by atoms with Gasteiger partial charge in [-0.15, -0.1) is 0 Å². The van der Waals surface area contributed by atoms with Gasteiger partial charge >= 0.3 is 5.97 Å². The number of anilines is 1. The second-order valence-corrected chi connectivity index (χ2v) is 10.5. The summed E-state index contributed by atoms with van der Waals surface area (Å²) >= 11 is 2.21. The van der Waals surface area contributed by atoms with Crippen LogP contribution in [0.4, 0.5) is 5.69 Å². The Hall–Kier alpha value is -2.15. The molecular weight excluding hydrogens is 489 g/mol. The standard InChI is InChI=1S/C25H30INO3/c1-17(23(29)30-25(5,6)7)16-27(22(28)18-12-14-19(26)15-13-18)21-11-9-8-10-20(21)24(2,3)4/h8-15H,1,16H2,2-7H3. The maximum absolute atomic E-state index is 13.5. The normalized spacial score (nSPS) is 11.7. The minimum absolute atomic E-state index is 0.0484. The number of nitrogens with zero attached hydrogens (tertiary/aromatic N) is 1. The molecule has 0 aromatic heterocycles. The molecule has 2 rings (SSSR count). The summed E-state index contributed by atoms with van der Waals surface area (Å²) in [6.45, 7) is 15.7. The first-order valence-corrected chi connectivity index (χ1v) is 11.0. The van der Waals surface area contributed by atoms with Gasteiger partial charge in [-0.05, 0) is 84.7 Å². The molecular formula is C25H30INO3. The van der Waals surface area contributed by atoms with Gasteiger partial charge in [0.2, 0.25) is 0 Å². The largest absolute Gasteiger partial charge is 0.457 e. The topological polar surface area (TPSA) is 46.6 Å². The summed E-state index contributed by atoms with van der Waals surface area (Å²) in [6.07, 6.45) is 0. The molecule has 160 valence electrons. The quantitative estimate of drug-likeness (QED) is 0.271. The first-order valence-electron chi connectivity index (χ1n) is 9.87. The summed E-state index contributed by atoms with van der Waals surface area (Å²) in [7, 11) is 0. The molecule has 30 heavy (non-hydrogen) atoms. The lowest BCUT2D eigenvalue weighted by Crippen LogP contribution is -2.37. The number of hydrogen-bond acceptors (Lipinski definition) is 3. The van der Waals surface area contributed by atoms with Gasteiger partial charge in [-0.1, -0.05) is 45.5 Å². The highest BCUT2D eigenvalue weighted by Crippen LogP contribution is 2.33.